The molecule has 0 saturated carbocycles. The molecule has 0 bridgehead atoms. The number of hydrogen-bond donors (Lipinski definition) is 1. The first-order valence-electron chi connectivity index (χ1n) is 7.51. The summed E-state index contributed by atoms with van der Waals surface area (Å²) in [5.74, 6) is 0.692. The van der Waals surface area contributed by atoms with E-state index in [9.17, 15) is 4.79 Å². The van der Waals surface area contributed by atoms with Gasteiger partial charge in [0.2, 0.25) is 0 Å². The van der Waals surface area contributed by atoms with Crippen LogP contribution in [-0.2, 0) is 6.54 Å². The number of hydrogen-bond acceptors (Lipinski definition) is 4. The van der Waals surface area contributed by atoms with Gasteiger partial charge in [0.15, 0.2) is 0 Å². The monoisotopic (exact) mass is 301 g/mol. The van der Waals surface area contributed by atoms with Crippen molar-refractivity contribution in [2.75, 3.05) is 0 Å². The lowest BCUT2D eigenvalue weighted by Gasteiger charge is -2.15. The molecule has 0 spiro atoms. The van der Waals surface area contributed by atoms with E-state index in [0.29, 0.717) is 18.1 Å². The Morgan fingerprint density at radius 2 is 2.05 bits per heavy atom. The van der Waals surface area contributed by atoms with Gasteiger partial charge in [-0.05, 0) is 32.9 Å². The number of aromatic nitrogens is 4. The van der Waals surface area contributed by atoms with Gasteiger partial charge in [0.1, 0.15) is 11.5 Å². The van der Waals surface area contributed by atoms with Crippen LogP contribution >= 0.6 is 0 Å². The Hall–Kier alpha value is -2.24. The number of aryl methyl sites for hydroxylation is 2. The summed E-state index contributed by atoms with van der Waals surface area (Å²) in [5.41, 5.74) is 2.47. The van der Waals surface area contributed by atoms with Crippen LogP contribution in [0.25, 0.3) is 0 Å². The third-order valence-corrected chi connectivity index (χ3v) is 3.35. The van der Waals surface area contributed by atoms with Gasteiger partial charge in [-0.15, -0.1) is 0 Å². The van der Waals surface area contributed by atoms with E-state index in [1.54, 1.807) is 12.3 Å². The van der Waals surface area contributed by atoms with Crippen molar-refractivity contribution >= 4 is 5.91 Å². The van der Waals surface area contributed by atoms with Gasteiger partial charge in [0, 0.05) is 23.9 Å². The second kappa shape index (κ2) is 6.68. The number of carbonyl (C=O) groups is 1. The minimum absolute atomic E-state index is 0.0389. The predicted octanol–water partition coefficient (Wildman–Crippen LogP) is 2.23. The Labute approximate surface area is 131 Å². The maximum Gasteiger partial charge on any atom is 0.270 e. The van der Waals surface area contributed by atoms with Gasteiger partial charge < -0.3 is 5.32 Å². The third kappa shape index (κ3) is 3.90. The smallest absolute Gasteiger partial charge is 0.270 e. The number of rotatable bonds is 5. The normalized spacial score (nSPS) is 12.5. The molecule has 0 aliphatic carbocycles. The van der Waals surface area contributed by atoms with Crippen molar-refractivity contribution < 1.29 is 4.79 Å². The molecule has 0 fully saturated rings. The molecule has 1 atom stereocenters. The molecular formula is C16H23N5O. The lowest BCUT2D eigenvalue weighted by Crippen LogP contribution is -2.36. The maximum atomic E-state index is 12.3. The Balaban J connectivity index is 2.02. The van der Waals surface area contributed by atoms with Crippen LogP contribution in [0.15, 0.2) is 18.3 Å². The molecule has 0 unspecified atom stereocenters. The minimum atomic E-state index is -0.182. The van der Waals surface area contributed by atoms with Crippen LogP contribution in [0.5, 0.6) is 0 Å². The van der Waals surface area contributed by atoms with Gasteiger partial charge in [-0.1, -0.05) is 13.8 Å². The van der Waals surface area contributed by atoms with Gasteiger partial charge in [-0.25, -0.2) is 9.97 Å². The Bertz CT molecular complexity index is 662. The number of nitrogens with zero attached hydrogens (tertiary/aromatic N) is 4. The van der Waals surface area contributed by atoms with E-state index in [4.69, 9.17) is 0 Å². The molecule has 6 nitrogen and oxygen atoms in total. The van der Waals surface area contributed by atoms with Crippen LogP contribution in [0.4, 0.5) is 0 Å². The second-order valence-corrected chi connectivity index (χ2v) is 5.94. The molecule has 0 saturated heterocycles. The molecule has 6 heteroatoms. The number of nitrogens with one attached hydrogen (secondary N) is 1. The Morgan fingerprint density at radius 3 is 2.64 bits per heavy atom. The Morgan fingerprint density at radius 1 is 1.32 bits per heavy atom. The van der Waals surface area contributed by atoms with Crippen molar-refractivity contribution in [3.63, 3.8) is 0 Å². The number of amides is 1. The first kappa shape index (κ1) is 16.1. The zero-order valence-corrected chi connectivity index (χ0v) is 13.8. The fourth-order valence-corrected chi connectivity index (χ4v) is 2.24. The molecule has 1 amide bonds. The van der Waals surface area contributed by atoms with E-state index in [1.807, 2.05) is 45.4 Å². The van der Waals surface area contributed by atoms with Gasteiger partial charge in [0.05, 0.1) is 12.2 Å². The molecule has 118 valence electrons. The van der Waals surface area contributed by atoms with Crippen LogP contribution in [0.1, 0.15) is 54.4 Å². The minimum Gasteiger partial charge on any atom is -0.346 e. The zero-order chi connectivity index (χ0) is 16.3. The molecule has 0 aliphatic heterocycles. The summed E-state index contributed by atoms with van der Waals surface area (Å²) in [6.45, 7) is 10.6. The molecule has 2 rings (SSSR count). The highest BCUT2D eigenvalue weighted by Crippen LogP contribution is 2.08. The third-order valence-electron chi connectivity index (χ3n) is 3.35. The standard InChI is InChI=1S/C16H23N5O/c1-10(2)15-17-7-6-14(19-15)16(22)18-12(4)9-21-13(5)8-11(3)20-21/h6-8,10,12H,9H2,1-5H3,(H,18,22)/t12-/m0/s1. The highest BCUT2D eigenvalue weighted by molar-refractivity contribution is 5.92. The van der Waals surface area contributed by atoms with E-state index in [-0.39, 0.29) is 17.9 Å². The SMILES string of the molecule is Cc1cc(C)n(C[C@H](C)NC(=O)c2ccnc(C(C)C)n2)n1. The van der Waals surface area contributed by atoms with Crippen molar-refractivity contribution in [1.82, 2.24) is 25.1 Å². The van der Waals surface area contributed by atoms with Gasteiger partial charge in [0.25, 0.3) is 5.91 Å². The summed E-state index contributed by atoms with van der Waals surface area (Å²) in [6, 6.07) is 3.62. The highest BCUT2D eigenvalue weighted by atomic mass is 16.1. The second-order valence-electron chi connectivity index (χ2n) is 5.94. The van der Waals surface area contributed by atoms with Crippen molar-refractivity contribution in [1.29, 1.82) is 0 Å². The average Bonchev–Trinajstić information content (AvgIpc) is 2.76. The van der Waals surface area contributed by atoms with Crippen molar-refractivity contribution in [3.05, 3.63) is 41.2 Å². The van der Waals surface area contributed by atoms with Crippen LogP contribution in [0.2, 0.25) is 0 Å². The van der Waals surface area contributed by atoms with Crippen LogP contribution in [0, 0.1) is 13.8 Å². The predicted molar refractivity (Wildman–Crippen MR) is 84.8 cm³/mol. The van der Waals surface area contributed by atoms with E-state index in [2.05, 4.69) is 20.4 Å². The fraction of sp³-hybridized carbons (Fsp3) is 0.500. The first-order valence-corrected chi connectivity index (χ1v) is 7.51. The molecule has 0 aliphatic rings. The molecule has 0 radical (unpaired) electrons. The Kier molecular flexibility index (Phi) is 4.90. The molecule has 2 aromatic rings. The summed E-state index contributed by atoms with van der Waals surface area (Å²) in [4.78, 5) is 20.8. The van der Waals surface area contributed by atoms with Crippen LogP contribution in [-0.4, -0.2) is 31.7 Å². The maximum absolute atomic E-state index is 12.3. The van der Waals surface area contributed by atoms with E-state index >= 15 is 0 Å². The van der Waals surface area contributed by atoms with Gasteiger partial charge in [-0.3, -0.25) is 9.48 Å². The summed E-state index contributed by atoms with van der Waals surface area (Å²) < 4.78 is 1.90. The van der Waals surface area contributed by atoms with E-state index in [0.717, 1.165) is 11.4 Å². The molecular weight excluding hydrogens is 278 g/mol. The van der Waals surface area contributed by atoms with Crippen molar-refractivity contribution in [2.45, 2.75) is 53.1 Å². The van der Waals surface area contributed by atoms with E-state index in [1.165, 1.54) is 0 Å². The molecule has 2 heterocycles. The average molecular weight is 301 g/mol. The quantitative estimate of drug-likeness (QED) is 0.919. The van der Waals surface area contributed by atoms with Crippen LogP contribution < -0.4 is 5.32 Å². The topological polar surface area (TPSA) is 72.7 Å². The van der Waals surface area contributed by atoms with Crippen molar-refractivity contribution in [3.8, 4) is 0 Å². The van der Waals surface area contributed by atoms with Crippen LogP contribution in [0.3, 0.4) is 0 Å². The summed E-state index contributed by atoms with van der Waals surface area (Å²) in [5, 5.41) is 7.36. The summed E-state index contributed by atoms with van der Waals surface area (Å²) in [6.07, 6.45) is 1.63. The molecule has 22 heavy (non-hydrogen) atoms. The van der Waals surface area contributed by atoms with Gasteiger partial charge in [-0.2, -0.15) is 5.10 Å². The lowest BCUT2D eigenvalue weighted by molar-refractivity contribution is 0.0930. The summed E-state index contributed by atoms with van der Waals surface area (Å²) in [7, 11) is 0. The largest absolute Gasteiger partial charge is 0.346 e. The molecule has 1 N–H and O–H groups in total. The number of carbonyl (C=O) groups excluding carboxylic acids is 1. The van der Waals surface area contributed by atoms with Crippen molar-refractivity contribution in [2.24, 2.45) is 0 Å². The summed E-state index contributed by atoms with van der Waals surface area (Å²) >= 11 is 0. The fourth-order valence-electron chi connectivity index (χ4n) is 2.24. The van der Waals surface area contributed by atoms with E-state index < -0.39 is 0 Å². The highest BCUT2D eigenvalue weighted by Gasteiger charge is 2.14. The first-order chi connectivity index (χ1) is 10.4. The molecule has 0 aromatic carbocycles. The zero-order valence-electron chi connectivity index (χ0n) is 13.8. The lowest BCUT2D eigenvalue weighted by atomic mass is 10.2. The molecule has 2 aromatic heterocycles. The van der Waals surface area contributed by atoms with Gasteiger partial charge >= 0.3 is 0 Å².